The number of nitrogens with zero attached hydrogens (tertiary/aromatic N) is 2. The van der Waals surface area contributed by atoms with Crippen molar-refractivity contribution in [1.29, 1.82) is 0 Å². The molecule has 0 unspecified atom stereocenters. The maximum absolute atomic E-state index is 12.8. The van der Waals surface area contributed by atoms with Crippen LogP contribution in [-0.4, -0.2) is 62.3 Å². The Balaban J connectivity index is 1.52. The predicted molar refractivity (Wildman–Crippen MR) is 111 cm³/mol. The van der Waals surface area contributed by atoms with Crippen LogP contribution in [0.4, 0.5) is 0 Å². The predicted octanol–water partition coefficient (Wildman–Crippen LogP) is 2.99. The topological polar surface area (TPSA) is 69.7 Å². The maximum Gasteiger partial charge on any atom is 0.243 e. The average Bonchev–Trinajstić information content (AvgIpc) is 2.66. The first-order chi connectivity index (χ1) is 13.3. The molecular weight excluding hydrogens is 421 g/mol. The molecular formula is C19H27Cl2N3O3S. The number of sulfonamides is 1. The van der Waals surface area contributed by atoms with Gasteiger partial charge in [0.05, 0.1) is 21.5 Å². The molecule has 1 heterocycles. The Morgan fingerprint density at radius 2 is 1.79 bits per heavy atom. The van der Waals surface area contributed by atoms with Crippen molar-refractivity contribution in [3.63, 3.8) is 0 Å². The summed E-state index contributed by atoms with van der Waals surface area (Å²) in [4.78, 5) is 14.5. The number of rotatable bonds is 5. The molecule has 0 radical (unpaired) electrons. The van der Waals surface area contributed by atoms with Crippen LogP contribution in [0.5, 0.6) is 0 Å². The second-order valence-electron chi connectivity index (χ2n) is 7.69. The lowest BCUT2D eigenvalue weighted by Crippen LogP contribution is -2.52. The van der Waals surface area contributed by atoms with Crippen LogP contribution < -0.4 is 5.32 Å². The van der Waals surface area contributed by atoms with Crippen LogP contribution in [0.15, 0.2) is 23.1 Å². The summed E-state index contributed by atoms with van der Waals surface area (Å²) in [5.74, 6) is 0.547. The number of halogens is 2. The van der Waals surface area contributed by atoms with Gasteiger partial charge in [0.1, 0.15) is 0 Å². The SMILES string of the molecule is C[C@@H]1CCCC[C@@H]1NC(=O)CN1CCN(S(=O)(=O)c2ccc(Cl)c(Cl)c2)CC1. The lowest BCUT2D eigenvalue weighted by Gasteiger charge is -2.34. The van der Waals surface area contributed by atoms with Crippen molar-refractivity contribution in [2.75, 3.05) is 32.7 Å². The van der Waals surface area contributed by atoms with Gasteiger partial charge in [-0.05, 0) is 37.0 Å². The molecule has 1 aliphatic heterocycles. The van der Waals surface area contributed by atoms with Gasteiger partial charge in [0.2, 0.25) is 15.9 Å². The van der Waals surface area contributed by atoms with Crippen molar-refractivity contribution < 1.29 is 13.2 Å². The third-order valence-electron chi connectivity index (χ3n) is 5.69. The molecule has 1 aliphatic carbocycles. The van der Waals surface area contributed by atoms with Crippen molar-refractivity contribution in [1.82, 2.24) is 14.5 Å². The minimum absolute atomic E-state index is 0.0274. The fourth-order valence-electron chi connectivity index (χ4n) is 3.90. The Hall–Kier alpha value is -0.860. The second kappa shape index (κ2) is 9.30. The number of carbonyl (C=O) groups excluding carboxylic acids is 1. The van der Waals surface area contributed by atoms with Crippen LogP contribution in [0, 0.1) is 5.92 Å². The van der Waals surface area contributed by atoms with E-state index in [1.807, 2.05) is 4.90 Å². The quantitative estimate of drug-likeness (QED) is 0.752. The van der Waals surface area contributed by atoms with E-state index in [0.29, 0.717) is 43.7 Å². The molecule has 1 aromatic rings. The molecule has 6 nitrogen and oxygen atoms in total. The molecule has 1 N–H and O–H groups in total. The molecule has 0 spiro atoms. The van der Waals surface area contributed by atoms with Gasteiger partial charge in [-0.25, -0.2) is 8.42 Å². The Morgan fingerprint density at radius 1 is 1.11 bits per heavy atom. The van der Waals surface area contributed by atoms with Gasteiger partial charge in [0, 0.05) is 32.2 Å². The van der Waals surface area contributed by atoms with E-state index in [0.717, 1.165) is 12.8 Å². The zero-order chi connectivity index (χ0) is 20.3. The molecule has 1 amide bonds. The Labute approximate surface area is 177 Å². The van der Waals surface area contributed by atoms with E-state index in [-0.39, 0.29) is 21.9 Å². The van der Waals surface area contributed by atoms with Gasteiger partial charge in [-0.3, -0.25) is 9.69 Å². The molecule has 28 heavy (non-hydrogen) atoms. The van der Waals surface area contributed by atoms with E-state index in [1.165, 1.54) is 35.3 Å². The van der Waals surface area contributed by atoms with E-state index >= 15 is 0 Å². The highest BCUT2D eigenvalue weighted by molar-refractivity contribution is 7.89. The first-order valence-corrected chi connectivity index (χ1v) is 11.9. The largest absolute Gasteiger partial charge is 0.352 e. The summed E-state index contributed by atoms with van der Waals surface area (Å²) in [5.41, 5.74) is 0. The number of benzene rings is 1. The zero-order valence-electron chi connectivity index (χ0n) is 16.0. The Morgan fingerprint density at radius 3 is 2.43 bits per heavy atom. The van der Waals surface area contributed by atoms with E-state index in [2.05, 4.69) is 12.2 Å². The van der Waals surface area contributed by atoms with Crippen molar-refractivity contribution in [3.05, 3.63) is 28.2 Å². The van der Waals surface area contributed by atoms with Gasteiger partial charge in [-0.2, -0.15) is 4.31 Å². The smallest absolute Gasteiger partial charge is 0.243 e. The molecule has 9 heteroatoms. The minimum Gasteiger partial charge on any atom is -0.352 e. The standard InChI is InChI=1S/C19H27Cl2N3O3S/c1-14-4-2-3-5-18(14)22-19(25)13-23-8-10-24(11-9-23)28(26,27)15-6-7-16(20)17(21)12-15/h6-7,12,14,18H,2-5,8-11,13H2,1H3,(H,22,25)/t14-,18+/m1/s1. The molecule has 156 valence electrons. The van der Waals surface area contributed by atoms with E-state index in [9.17, 15) is 13.2 Å². The molecule has 0 aromatic heterocycles. The lowest BCUT2D eigenvalue weighted by atomic mass is 9.86. The molecule has 2 atom stereocenters. The van der Waals surface area contributed by atoms with E-state index in [4.69, 9.17) is 23.2 Å². The van der Waals surface area contributed by atoms with Crippen LogP contribution in [0.1, 0.15) is 32.6 Å². The van der Waals surface area contributed by atoms with E-state index in [1.54, 1.807) is 0 Å². The van der Waals surface area contributed by atoms with Gasteiger partial charge in [0.25, 0.3) is 0 Å². The van der Waals surface area contributed by atoms with Crippen molar-refractivity contribution >= 4 is 39.1 Å². The summed E-state index contributed by atoms with van der Waals surface area (Å²) in [5, 5.41) is 3.70. The molecule has 1 aromatic carbocycles. The molecule has 2 fully saturated rings. The highest BCUT2D eigenvalue weighted by atomic mass is 35.5. The number of piperazine rings is 1. The summed E-state index contributed by atoms with van der Waals surface area (Å²) in [6.07, 6.45) is 4.61. The number of carbonyl (C=O) groups is 1. The first kappa shape index (κ1) is 21.8. The number of hydrogen-bond acceptors (Lipinski definition) is 4. The first-order valence-electron chi connectivity index (χ1n) is 9.74. The van der Waals surface area contributed by atoms with Gasteiger partial charge in [-0.15, -0.1) is 0 Å². The zero-order valence-corrected chi connectivity index (χ0v) is 18.4. The minimum atomic E-state index is -3.62. The van der Waals surface area contributed by atoms with Gasteiger partial charge >= 0.3 is 0 Å². The molecule has 2 aliphatic rings. The summed E-state index contributed by atoms with van der Waals surface area (Å²) in [7, 11) is -3.62. The van der Waals surface area contributed by atoms with Crippen molar-refractivity contribution in [3.8, 4) is 0 Å². The molecule has 1 saturated heterocycles. The van der Waals surface area contributed by atoms with Crippen molar-refractivity contribution in [2.24, 2.45) is 5.92 Å². The van der Waals surface area contributed by atoms with Gasteiger partial charge in [0.15, 0.2) is 0 Å². The van der Waals surface area contributed by atoms with Crippen LogP contribution >= 0.6 is 23.2 Å². The Bertz CT molecular complexity index is 811. The van der Waals surface area contributed by atoms with Crippen molar-refractivity contribution in [2.45, 2.75) is 43.5 Å². The van der Waals surface area contributed by atoms with Gasteiger partial charge in [-0.1, -0.05) is 43.0 Å². The average molecular weight is 448 g/mol. The summed E-state index contributed by atoms with van der Waals surface area (Å²) < 4.78 is 27.0. The fraction of sp³-hybridized carbons (Fsp3) is 0.632. The molecule has 1 saturated carbocycles. The lowest BCUT2D eigenvalue weighted by molar-refractivity contribution is -0.123. The fourth-order valence-corrected chi connectivity index (χ4v) is 5.71. The number of nitrogens with one attached hydrogen (secondary N) is 1. The highest BCUT2D eigenvalue weighted by Gasteiger charge is 2.30. The number of hydrogen-bond donors (Lipinski definition) is 1. The summed E-state index contributed by atoms with van der Waals surface area (Å²) in [6, 6.07) is 4.60. The normalized spacial score (nSPS) is 24.8. The van der Waals surface area contributed by atoms with Crippen LogP contribution in [0.2, 0.25) is 10.0 Å². The van der Waals surface area contributed by atoms with Crippen LogP contribution in [0.25, 0.3) is 0 Å². The summed E-state index contributed by atoms with van der Waals surface area (Å²) >= 11 is 11.8. The Kier molecular flexibility index (Phi) is 7.26. The third kappa shape index (κ3) is 5.19. The van der Waals surface area contributed by atoms with E-state index < -0.39 is 10.0 Å². The molecule has 3 rings (SSSR count). The molecule has 0 bridgehead atoms. The van der Waals surface area contributed by atoms with Crippen LogP contribution in [0.3, 0.4) is 0 Å². The monoisotopic (exact) mass is 447 g/mol. The maximum atomic E-state index is 12.8. The van der Waals surface area contributed by atoms with Crippen LogP contribution in [-0.2, 0) is 14.8 Å². The third-order valence-corrected chi connectivity index (χ3v) is 8.32. The second-order valence-corrected chi connectivity index (χ2v) is 10.4. The number of amides is 1. The van der Waals surface area contributed by atoms with Gasteiger partial charge < -0.3 is 5.32 Å². The highest BCUT2D eigenvalue weighted by Crippen LogP contribution is 2.27. The summed E-state index contributed by atoms with van der Waals surface area (Å²) in [6.45, 7) is 4.23.